The summed E-state index contributed by atoms with van der Waals surface area (Å²) in [5.74, 6) is -1.26. The molecule has 1 aromatic heterocycles. The van der Waals surface area contributed by atoms with Crippen LogP contribution in [-0.2, 0) is 16.1 Å². The molecule has 21 heavy (non-hydrogen) atoms. The van der Waals surface area contributed by atoms with E-state index in [4.69, 9.17) is 5.11 Å². The van der Waals surface area contributed by atoms with Gasteiger partial charge in [-0.15, -0.1) is 0 Å². The summed E-state index contributed by atoms with van der Waals surface area (Å²) in [7, 11) is 0. The van der Waals surface area contributed by atoms with Crippen LogP contribution in [0.3, 0.4) is 0 Å². The average Bonchev–Trinajstić information content (AvgIpc) is 2.78. The number of hydrogen-bond donors (Lipinski definition) is 2. The topological polar surface area (TPSA) is 105 Å². The van der Waals surface area contributed by atoms with Crippen molar-refractivity contribution in [2.24, 2.45) is 0 Å². The SMILES string of the molecule is O=C(O)Cn1cc2ccc(N3CCC(=O)NC3=O)cc2n1. The minimum atomic E-state index is -0.975. The largest absolute Gasteiger partial charge is 0.480 e. The van der Waals surface area contributed by atoms with E-state index in [1.54, 1.807) is 24.4 Å². The van der Waals surface area contributed by atoms with Gasteiger partial charge in [-0.05, 0) is 18.2 Å². The Kier molecular flexibility index (Phi) is 3.05. The molecule has 108 valence electrons. The maximum atomic E-state index is 11.8. The Morgan fingerprint density at radius 3 is 2.90 bits per heavy atom. The molecule has 2 heterocycles. The molecule has 0 aliphatic carbocycles. The van der Waals surface area contributed by atoms with Crippen LogP contribution in [0.1, 0.15) is 6.42 Å². The molecule has 1 aromatic carbocycles. The highest BCUT2D eigenvalue weighted by Gasteiger charge is 2.24. The van der Waals surface area contributed by atoms with E-state index in [1.165, 1.54) is 9.58 Å². The number of aliphatic carboxylic acids is 1. The molecule has 1 aliphatic rings. The standard InChI is InChI=1S/C13H12N4O4/c18-11-3-4-17(13(21)14-11)9-2-1-8-6-16(7-12(19)20)15-10(8)5-9/h1-2,5-6H,3-4,7H2,(H,19,20)(H,14,18,21). The number of amides is 3. The number of carbonyl (C=O) groups is 3. The minimum Gasteiger partial charge on any atom is -0.480 e. The van der Waals surface area contributed by atoms with Crippen LogP contribution in [-0.4, -0.2) is 39.3 Å². The average molecular weight is 288 g/mol. The number of rotatable bonds is 3. The second-order valence-electron chi connectivity index (χ2n) is 4.72. The number of imide groups is 1. The third-order valence-electron chi connectivity index (χ3n) is 3.20. The molecular weight excluding hydrogens is 276 g/mol. The number of urea groups is 1. The third-order valence-corrected chi connectivity index (χ3v) is 3.20. The fraction of sp³-hybridized carbons (Fsp3) is 0.231. The Labute approximate surface area is 118 Å². The van der Waals surface area contributed by atoms with Gasteiger partial charge in [0, 0.05) is 30.2 Å². The van der Waals surface area contributed by atoms with E-state index in [1.807, 2.05) is 0 Å². The van der Waals surface area contributed by atoms with Crippen LogP contribution in [0.4, 0.5) is 10.5 Å². The molecule has 1 aliphatic heterocycles. The number of nitrogens with one attached hydrogen (secondary N) is 1. The first-order chi connectivity index (χ1) is 10.0. The molecule has 0 radical (unpaired) electrons. The molecule has 0 atom stereocenters. The number of nitrogens with zero attached hydrogens (tertiary/aromatic N) is 3. The molecule has 0 bridgehead atoms. The first-order valence-corrected chi connectivity index (χ1v) is 6.33. The Bertz CT molecular complexity index is 752. The quantitative estimate of drug-likeness (QED) is 0.859. The second-order valence-corrected chi connectivity index (χ2v) is 4.72. The van der Waals surface area contributed by atoms with Crippen LogP contribution in [0.5, 0.6) is 0 Å². The van der Waals surface area contributed by atoms with Gasteiger partial charge < -0.3 is 5.11 Å². The lowest BCUT2D eigenvalue weighted by molar-refractivity contribution is -0.137. The molecule has 0 spiro atoms. The Balaban J connectivity index is 1.91. The van der Waals surface area contributed by atoms with Crippen LogP contribution in [0.2, 0.25) is 0 Å². The van der Waals surface area contributed by atoms with Gasteiger partial charge in [0.05, 0.1) is 5.52 Å². The van der Waals surface area contributed by atoms with Crippen LogP contribution in [0.25, 0.3) is 10.9 Å². The van der Waals surface area contributed by atoms with Gasteiger partial charge in [0.15, 0.2) is 0 Å². The van der Waals surface area contributed by atoms with E-state index in [9.17, 15) is 14.4 Å². The molecule has 8 heteroatoms. The van der Waals surface area contributed by atoms with Crippen molar-refractivity contribution in [3.8, 4) is 0 Å². The predicted octanol–water partition coefficient (Wildman–Crippen LogP) is 0.567. The lowest BCUT2D eigenvalue weighted by atomic mass is 10.2. The van der Waals surface area contributed by atoms with Crippen molar-refractivity contribution < 1.29 is 19.5 Å². The van der Waals surface area contributed by atoms with Crippen LogP contribution in [0.15, 0.2) is 24.4 Å². The lowest BCUT2D eigenvalue weighted by Crippen LogP contribution is -2.49. The summed E-state index contributed by atoms with van der Waals surface area (Å²) in [5.41, 5.74) is 1.21. The highest BCUT2D eigenvalue weighted by atomic mass is 16.4. The molecule has 1 saturated heterocycles. The molecule has 0 unspecified atom stereocenters. The number of benzene rings is 1. The second kappa shape index (κ2) is 4.89. The maximum Gasteiger partial charge on any atom is 0.328 e. The van der Waals surface area contributed by atoms with Crippen molar-refractivity contribution in [3.63, 3.8) is 0 Å². The van der Waals surface area contributed by atoms with Gasteiger partial charge in [-0.3, -0.25) is 24.5 Å². The van der Waals surface area contributed by atoms with Crippen molar-refractivity contribution >= 4 is 34.5 Å². The number of carboxylic acids is 1. The molecule has 3 amide bonds. The van der Waals surface area contributed by atoms with E-state index < -0.39 is 12.0 Å². The summed E-state index contributed by atoms with van der Waals surface area (Å²) in [6.45, 7) is 0.0920. The Morgan fingerprint density at radius 1 is 1.38 bits per heavy atom. The molecule has 8 nitrogen and oxygen atoms in total. The summed E-state index contributed by atoms with van der Waals surface area (Å²) >= 11 is 0. The number of anilines is 1. The lowest BCUT2D eigenvalue weighted by Gasteiger charge is -2.26. The number of fused-ring (bicyclic) bond motifs is 1. The Hall–Kier alpha value is -2.90. The van der Waals surface area contributed by atoms with Crippen molar-refractivity contribution in [1.82, 2.24) is 15.1 Å². The number of aromatic nitrogens is 2. The fourth-order valence-corrected chi connectivity index (χ4v) is 2.25. The van der Waals surface area contributed by atoms with Crippen molar-refractivity contribution in [3.05, 3.63) is 24.4 Å². The van der Waals surface area contributed by atoms with Crippen molar-refractivity contribution in [2.45, 2.75) is 13.0 Å². The van der Waals surface area contributed by atoms with Gasteiger partial charge in [0.1, 0.15) is 6.54 Å². The van der Waals surface area contributed by atoms with Gasteiger partial charge >= 0.3 is 12.0 Å². The highest BCUT2D eigenvalue weighted by molar-refractivity contribution is 6.06. The summed E-state index contributed by atoms with van der Waals surface area (Å²) in [6.07, 6.45) is 1.88. The van der Waals surface area contributed by atoms with Gasteiger partial charge in [0.25, 0.3) is 0 Å². The predicted molar refractivity (Wildman–Crippen MR) is 72.9 cm³/mol. The van der Waals surface area contributed by atoms with Gasteiger partial charge in [-0.25, -0.2) is 4.79 Å². The molecular formula is C13H12N4O4. The van der Waals surface area contributed by atoms with Crippen molar-refractivity contribution in [2.75, 3.05) is 11.4 Å². The summed E-state index contributed by atoms with van der Waals surface area (Å²) in [4.78, 5) is 35.1. The molecule has 2 N–H and O–H groups in total. The number of carboxylic acid groups (broad SMARTS) is 1. The van der Waals surface area contributed by atoms with Gasteiger partial charge in [-0.2, -0.15) is 5.10 Å². The third kappa shape index (κ3) is 2.55. The van der Waals surface area contributed by atoms with Crippen molar-refractivity contribution in [1.29, 1.82) is 0 Å². The highest BCUT2D eigenvalue weighted by Crippen LogP contribution is 2.22. The number of hydrogen-bond acceptors (Lipinski definition) is 4. The van der Waals surface area contributed by atoms with Crippen LogP contribution >= 0.6 is 0 Å². The minimum absolute atomic E-state index is 0.220. The first kappa shape index (κ1) is 13.1. The van der Waals surface area contributed by atoms with Gasteiger partial charge in [-0.1, -0.05) is 0 Å². The Morgan fingerprint density at radius 2 is 2.19 bits per heavy atom. The molecule has 0 saturated carbocycles. The smallest absolute Gasteiger partial charge is 0.328 e. The fourth-order valence-electron chi connectivity index (χ4n) is 2.25. The summed E-state index contributed by atoms with van der Waals surface area (Å²) in [6, 6.07) is 4.74. The van der Waals surface area contributed by atoms with E-state index >= 15 is 0 Å². The monoisotopic (exact) mass is 288 g/mol. The molecule has 2 aromatic rings. The van der Waals surface area contributed by atoms with E-state index in [0.29, 0.717) is 17.7 Å². The molecule has 3 rings (SSSR count). The van der Waals surface area contributed by atoms with E-state index in [0.717, 1.165) is 5.39 Å². The summed E-state index contributed by atoms with van der Waals surface area (Å²) in [5, 5.41) is 16.0. The normalized spacial score (nSPS) is 15.3. The zero-order valence-corrected chi connectivity index (χ0v) is 10.9. The zero-order chi connectivity index (χ0) is 15.0. The summed E-state index contributed by atoms with van der Waals surface area (Å²) < 4.78 is 1.33. The van der Waals surface area contributed by atoms with E-state index in [-0.39, 0.29) is 18.9 Å². The first-order valence-electron chi connectivity index (χ1n) is 6.33. The number of carbonyl (C=O) groups excluding carboxylic acids is 2. The maximum absolute atomic E-state index is 11.8. The van der Waals surface area contributed by atoms with Crippen LogP contribution in [0, 0.1) is 0 Å². The van der Waals surface area contributed by atoms with Crippen LogP contribution < -0.4 is 10.2 Å². The van der Waals surface area contributed by atoms with E-state index in [2.05, 4.69) is 10.4 Å². The molecule has 1 fully saturated rings. The van der Waals surface area contributed by atoms with Gasteiger partial charge in [0.2, 0.25) is 5.91 Å². The zero-order valence-electron chi connectivity index (χ0n) is 10.9.